The summed E-state index contributed by atoms with van der Waals surface area (Å²) in [5.41, 5.74) is 7.82. The van der Waals surface area contributed by atoms with Gasteiger partial charge in [0, 0.05) is 6.04 Å². The largest absolute Gasteiger partial charge is 0.494 e. The van der Waals surface area contributed by atoms with Gasteiger partial charge in [0.2, 0.25) is 0 Å². The van der Waals surface area contributed by atoms with Crippen molar-refractivity contribution in [3.63, 3.8) is 0 Å². The van der Waals surface area contributed by atoms with E-state index < -0.39 is 0 Å². The molecule has 0 amide bonds. The highest BCUT2D eigenvalue weighted by atomic mass is 16.5. The van der Waals surface area contributed by atoms with Gasteiger partial charge in [-0.05, 0) is 61.7 Å². The molecule has 118 valence electrons. The average Bonchev–Trinajstić information content (AvgIpc) is 2.55. The van der Waals surface area contributed by atoms with E-state index >= 15 is 0 Å². The monoisotopic (exact) mass is 300 g/mol. The van der Waals surface area contributed by atoms with Crippen molar-refractivity contribution in [2.75, 3.05) is 12.3 Å². The molecule has 0 saturated heterocycles. The van der Waals surface area contributed by atoms with Gasteiger partial charge >= 0.3 is 0 Å². The van der Waals surface area contributed by atoms with Crippen LogP contribution in [0, 0.1) is 0 Å². The third-order valence-electron chi connectivity index (χ3n) is 3.80. The Hall–Kier alpha value is -2.23. The predicted molar refractivity (Wildman–Crippen MR) is 91.3 cm³/mol. The molecule has 2 aromatic rings. The van der Waals surface area contributed by atoms with E-state index in [1.165, 1.54) is 0 Å². The summed E-state index contributed by atoms with van der Waals surface area (Å²) < 4.78 is 7.37. The van der Waals surface area contributed by atoms with Crippen LogP contribution in [0.2, 0.25) is 0 Å². The van der Waals surface area contributed by atoms with Crippen molar-refractivity contribution >= 4 is 5.69 Å². The van der Waals surface area contributed by atoms with E-state index in [0.29, 0.717) is 6.61 Å². The maximum Gasteiger partial charge on any atom is 0.274 e. The Kier molecular flexibility index (Phi) is 5.26. The molecule has 0 saturated carbocycles. The first-order valence-electron chi connectivity index (χ1n) is 7.82. The number of hydrogen-bond acceptors (Lipinski definition) is 3. The minimum atomic E-state index is -0.127. The lowest BCUT2D eigenvalue weighted by molar-refractivity contribution is 0.317. The number of benzene rings is 1. The molecule has 1 heterocycles. The van der Waals surface area contributed by atoms with Crippen molar-refractivity contribution in [2.24, 2.45) is 0 Å². The van der Waals surface area contributed by atoms with E-state index in [0.717, 1.165) is 29.8 Å². The molecule has 0 spiro atoms. The molecule has 1 aromatic heterocycles. The van der Waals surface area contributed by atoms with Gasteiger partial charge in [0.1, 0.15) is 5.75 Å². The van der Waals surface area contributed by atoms with Gasteiger partial charge in [-0.2, -0.15) is 0 Å². The molecule has 1 aromatic carbocycles. The van der Waals surface area contributed by atoms with Crippen LogP contribution in [0.3, 0.4) is 0 Å². The Bertz CT molecular complexity index is 674. The average molecular weight is 300 g/mol. The summed E-state index contributed by atoms with van der Waals surface area (Å²) in [7, 11) is 0. The van der Waals surface area contributed by atoms with Gasteiger partial charge in [0.25, 0.3) is 5.56 Å². The molecule has 1 unspecified atom stereocenters. The summed E-state index contributed by atoms with van der Waals surface area (Å²) in [5, 5.41) is 0. The van der Waals surface area contributed by atoms with Gasteiger partial charge in [-0.1, -0.05) is 13.8 Å². The second-order valence-corrected chi connectivity index (χ2v) is 5.48. The second kappa shape index (κ2) is 7.16. The van der Waals surface area contributed by atoms with E-state index in [1.54, 1.807) is 10.6 Å². The fourth-order valence-electron chi connectivity index (χ4n) is 2.37. The fourth-order valence-corrected chi connectivity index (χ4v) is 2.37. The van der Waals surface area contributed by atoms with Crippen LogP contribution in [-0.4, -0.2) is 11.2 Å². The normalized spacial score (nSPS) is 12.1. The first-order valence-corrected chi connectivity index (χ1v) is 7.82. The molecular weight excluding hydrogens is 276 g/mol. The molecule has 0 radical (unpaired) electrons. The van der Waals surface area contributed by atoms with E-state index in [4.69, 9.17) is 10.5 Å². The Morgan fingerprint density at radius 1 is 1.14 bits per heavy atom. The van der Waals surface area contributed by atoms with Crippen LogP contribution >= 0.6 is 0 Å². The van der Waals surface area contributed by atoms with Crippen LogP contribution in [0.15, 0.2) is 41.2 Å². The van der Waals surface area contributed by atoms with E-state index in [2.05, 4.69) is 13.8 Å². The number of anilines is 1. The number of ether oxygens (including phenoxy) is 1. The number of nitrogen functional groups attached to an aromatic ring is 1. The van der Waals surface area contributed by atoms with E-state index in [1.807, 2.05) is 37.3 Å². The summed E-state index contributed by atoms with van der Waals surface area (Å²) in [5.74, 6) is 0.846. The number of rotatable bonds is 6. The van der Waals surface area contributed by atoms with Crippen LogP contribution in [0.1, 0.15) is 39.7 Å². The molecule has 0 aliphatic rings. The van der Waals surface area contributed by atoms with Crippen LogP contribution in [-0.2, 0) is 0 Å². The Morgan fingerprint density at radius 3 is 2.41 bits per heavy atom. The third-order valence-corrected chi connectivity index (χ3v) is 3.80. The smallest absolute Gasteiger partial charge is 0.274 e. The molecule has 0 aliphatic carbocycles. The maximum absolute atomic E-state index is 12.4. The molecule has 0 bridgehead atoms. The zero-order chi connectivity index (χ0) is 16.1. The van der Waals surface area contributed by atoms with Crippen molar-refractivity contribution in [3.05, 3.63) is 46.8 Å². The lowest BCUT2D eigenvalue weighted by Crippen LogP contribution is -2.26. The van der Waals surface area contributed by atoms with Crippen molar-refractivity contribution in [3.8, 4) is 17.0 Å². The summed E-state index contributed by atoms with van der Waals surface area (Å²) >= 11 is 0. The van der Waals surface area contributed by atoms with E-state index in [-0.39, 0.29) is 17.3 Å². The SMILES string of the molecule is CCCOc1ccc(-c2ccc(N)c(=O)n2C(C)CC)cc1. The van der Waals surface area contributed by atoms with Crippen LogP contribution in [0.25, 0.3) is 11.3 Å². The number of hydrogen-bond donors (Lipinski definition) is 1. The number of aromatic nitrogens is 1. The number of pyridine rings is 1. The second-order valence-electron chi connectivity index (χ2n) is 5.48. The lowest BCUT2D eigenvalue weighted by atomic mass is 10.1. The van der Waals surface area contributed by atoms with Crippen LogP contribution < -0.4 is 16.0 Å². The Balaban J connectivity index is 2.44. The maximum atomic E-state index is 12.4. The van der Waals surface area contributed by atoms with Crippen molar-refractivity contribution < 1.29 is 4.74 Å². The van der Waals surface area contributed by atoms with Gasteiger partial charge < -0.3 is 15.0 Å². The topological polar surface area (TPSA) is 57.2 Å². The number of nitrogens with two attached hydrogens (primary N) is 1. The molecule has 4 heteroatoms. The van der Waals surface area contributed by atoms with Gasteiger partial charge in [0.15, 0.2) is 0 Å². The molecule has 0 aliphatic heterocycles. The zero-order valence-electron chi connectivity index (χ0n) is 13.5. The summed E-state index contributed by atoms with van der Waals surface area (Å²) in [6.07, 6.45) is 1.85. The molecule has 0 fully saturated rings. The minimum absolute atomic E-state index is 0.0991. The quantitative estimate of drug-likeness (QED) is 0.881. The molecule has 4 nitrogen and oxygen atoms in total. The molecular formula is C18H24N2O2. The summed E-state index contributed by atoms with van der Waals surface area (Å²) in [4.78, 5) is 12.4. The van der Waals surface area contributed by atoms with Crippen molar-refractivity contribution in [2.45, 2.75) is 39.7 Å². The highest BCUT2D eigenvalue weighted by Gasteiger charge is 2.13. The summed E-state index contributed by atoms with van der Waals surface area (Å²) in [6.45, 7) is 6.88. The van der Waals surface area contributed by atoms with Gasteiger partial charge in [-0.3, -0.25) is 4.79 Å². The Labute approximate surface area is 131 Å². The zero-order valence-corrected chi connectivity index (χ0v) is 13.5. The predicted octanol–water partition coefficient (Wildman–Crippen LogP) is 3.86. The van der Waals surface area contributed by atoms with E-state index in [9.17, 15) is 4.79 Å². The highest BCUT2D eigenvalue weighted by Crippen LogP contribution is 2.25. The molecule has 2 N–H and O–H groups in total. The molecule has 22 heavy (non-hydrogen) atoms. The Morgan fingerprint density at radius 2 is 1.82 bits per heavy atom. The fraction of sp³-hybridized carbons (Fsp3) is 0.389. The van der Waals surface area contributed by atoms with Crippen molar-refractivity contribution in [1.29, 1.82) is 0 Å². The minimum Gasteiger partial charge on any atom is -0.494 e. The van der Waals surface area contributed by atoms with Gasteiger partial charge in [-0.25, -0.2) is 0 Å². The standard InChI is InChI=1S/C18H24N2O2/c1-4-12-22-15-8-6-14(7-9-15)17-11-10-16(19)18(21)20(17)13(3)5-2/h6-11,13H,4-5,12,19H2,1-3H3. The number of nitrogens with zero attached hydrogens (tertiary/aromatic N) is 1. The third kappa shape index (κ3) is 3.32. The van der Waals surface area contributed by atoms with Gasteiger partial charge in [0.05, 0.1) is 18.0 Å². The van der Waals surface area contributed by atoms with Gasteiger partial charge in [-0.15, -0.1) is 0 Å². The lowest BCUT2D eigenvalue weighted by Gasteiger charge is -2.19. The summed E-state index contributed by atoms with van der Waals surface area (Å²) in [6, 6.07) is 11.5. The van der Waals surface area contributed by atoms with Crippen LogP contribution in [0.5, 0.6) is 5.75 Å². The highest BCUT2D eigenvalue weighted by molar-refractivity contribution is 5.62. The van der Waals surface area contributed by atoms with Crippen molar-refractivity contribution in [1.82, 2.24) is 4.57 Å². The molecule has 2 rings (SSSR count). The van der Waals surface area contributed by atoms with Crippen LogP contribution in [0.4, 0.5) is 5.69 Å². The first kappa shape index (κ1) is 16.1. The molecule has 1 atom stereocenters. The first-order chi connectivity index (χ1) is 10.6.